The Morgan fingerprint density at radius 2 is 2.16 bits per heavy atom. The van der Waals surface area contributed by atoms with Crippen LogP contribution in [0.15, 0.2) is 18.3 Å². The van der Waals surface area contributed by atoms with E-state index in [0.717, 1.165) is 12.8 Å². The Morgan fingerprint density at radius 1 is 1.42 bits per heavy atom. The minimum atomic E-state index is -0.0451. The molecule has 1 amide bonds. The summed E-state index contributed by atoms with van der Waals surface area (Å²) < 4.78 is 5.77. The van der Waals surface area contributed by atoms with E-state index >= 15 is 0 Å². The summed E-state index contributed by atoms with van der Waals surface area (Å²) >= 11 is 0. The summed E-state index contributed by atoms with van der Waals surface area (Å²) in [4.78, 5) is 17.6. The molecule has 1 heterocycles. The first-order valence-corrected chi connectivity index (χ1v) is 6.71. The Balaban J connectivity index is 1.85. The van der Waals surface area contributed by atoms with Crippen LogP contribution in [0.3, 0.4) is 0 Å². The van der Waals surface area contributed by atoms with Gasteiger partial charge in [-0.3, -0.25) is 4.79 Å². The first kappa shape index (κ1) is 13.8. The van der Waals surface area contributed by atoms with E-state index in [9.17, 15) is 4.79 Å². The number of amides is 1. The van der Waals surface area contributed by atoms with Gasteiger partial charge in [0.15, 0.2) is 0 Å². The smallest absolute Gasteiger partial charge is 0.238 e. The van der Waals surface area contributed by atoms with Gasteiger partial charge in [0.05, 0.1) is 18.4 Å². The molecule has 0 saturated heterocycles. The Labute approximate surface area is 114 Å². The summed E-state index contributed by atoms with van der Waals surface area (Å²) in [5.74, 6) is 0.591. The molecular weight excluding hydrogens is 242 g/mol. The lowest BCUT2D eigenvalue weighted by Gasteiger charge is -2.13. The summed E-state index contributed by atoms with van der Waals surface area (Å²) in [6, 6.07) is 3.63. The zero-order chi connectivity index (χ0) is 13.7. The van der Waals surface area contributed by atoms with E-state index in [2.05, 4.69) is 10.3 Å². The number of hydrogen-bond acceptors (Lipinski definition) is 4. The number of pyridine rings is 1. The van der Waals surface area contributed by atoms with E-state index in [1.807, 2.05) is 31.1 Å². The van der Waals surface area contributed by atoms with Crippen molar-refractivity contribution in [3.05, 3.63) is 18.3 Å². The fourth-order valence-electron chi connectivity index (χ4n) is 2.19. The van der Waals surface area contributed by atoms with Gasteiger partial charge in [0.1, 0.15) is 6.10 Å². The molecule has 0 aromatic carbocycles. The van der Waals surface area contributed by atoms with E-state index in [0.29, 0.717) is 24.2 Å². The van der Waals surface area contributed by atoms with Crippen LogP contribution in [0.25, 0.3) is 0 Å². The van der Waals surface area contributed by atoms with Crippen molar-refractivity contribution in [2.75, 3.05) is 26.0 Å². The zero-order valence-electron chi connectivity index (χ0n) is 11.6. The van der Waals surface area contributed by atoms with Crippen LogP contribution in [0.1, 0.15) is 25.7 Å². The molecule has 1 fully saturated rings. The molecule has 1 aromatic rings. The number of aromatic nitrogens is 1. The van der Waals surface area contributed by atoms with E-state index in [1.165, 1.54) is 12.8 Å². The Bertz CT molecular complexity index is 411. The molecule has 0 radical (unpaired) electrons. The Morgan fingerprint density at radius 3 is 2.74 bits per heavy atom. The maximum Gasteiger partial charge on any atom is 0.238 e. The molecule has 0 unspecified atom stereocenters. The van der Waals surface area contributed by atoms with Gasteiger partial charge in [-0.1, -0.05) is 0 Å². The van der Waals surface area contributed by atoms with Gasteiger partial charge in [-0.05, 0) is 45.8 Å². The minimum absolute atomic E-state index is 0.0451. The van der Waals surface area contributed by atoms with Crippen molar-refractivity contribution in [3.63, 3.8) is 0 Å². The second-order valence-electron chi connectivity index (χ2n) is 5.20. The fourth-order valence-corrected chi connectivity index (χ4v) is 2.19. The van der Waals surface area contributed by atoms with E-state index in [1.54, 1.807) is 6.20 Å². The molecule has 5 heteroatoms. The van der Waals surface area contributed by atoms with Crippen LogP contribution >= 0.6 is 0 Å². The third kappa shape index (κ3) is 4.52. The highest BCUT2D eigenvalue weighted by molar-refractivity contribution is 5.92. The lowest BCUT2D eigenvalue weighted by molar-refractivity contribution is -0.116. The maximum atomic E-state index is 11.6. The lowest BCUT2D eigenvalue weighted by Crippen LogP contribution is -2.27. The van der Waals surface area contributed by atoms with E-state index in [-0.39, 0.29) is 5.91 Å². The molecule has 1 aromatic heterocycles. The van der Waals surface area contributed by atoms with Crippen molar-refractivity contribution >= 4 is 11.6 Å². The van der Waals surface area contributed by atoms with Gasteiger partial charge in [-0.15, -0.1) is 0 Å². The van der Waals surface area contributed by atoms with Crippen molar-refractivity contribution < 1.29 is 9.53 Å². The molecular formula is C14H21N3O2. The first-order valence-electron chi connectivity index (χ1n) is 6.71. The summed E-state index contributed by atoms with van der Waals surface area (Å²) in [6.45, 7) is 0.361. The summed E-state index contributed by atoms with van der Waals surface area (Å²) in [5, 5.41) is 2.80. The van der Waals surface area contributed by atoms with Gasteiger partial charge >= 0.3 is 0 Å². The number of nitrogens with one attached hydrogen (secondary N) is 1. The minimum Gasteiger partial charge on any atom is -0.474 e. The molecule has 2 rings (SSSR count). The summed E-state index contributed by atoms with van der Waals surface area (Å²) in [6.07, 6.45) is 6.65. The maximum absolute atomic E-state index is 11.6. The predicted molar refractivity (Wildman–Crippen MR) is 74.3 cm³/mol. The number of carbonyl (C=O) groups excluding carboxylic acids is 1. The van der Waals surface area contributed by atoms with Crippen LogP contribution in [0, 0.1) is 0 Å². The Kier molecular flexibility index (Phi) is 4.74. The number of nitrogens with zero attached hydrogens (tertiary/aromatic N) is 2. The SMILES string of the molecule is CN(C)CC(=O)Nc1ccc(OC2CCCC2)nc1. The van der Waals surface area contributed by atoms with Crippen LogP contribution in [-0.4, -0.2) is 42.5 Å². The van der Waals surface area contributed by atoms with Crippen molar-refractivity contribution in [2.24, 2.45) is 0 Å². The molecule has 104 valence electrons. The standard InChI is InChI=1S/C14H21N3O2/c1-17(2)10-13(18)16-11-7-8-14(15-9-11)19-12-5-3-4-6-12/h7-9,12H,3-6,10H2,1-2H3,(H,16,18). The van der Waals surface area contributed by atoms with E-state index in [4.69, 9.17) is 4.74 Å². The predicted octanol–water partition coefficient (Wildman–Crippen LogP) is 1.90. The largest absolute Gasteiger partial charge is 0.474 e. The number of likely N-dealkylation sites (N-methyl/N-ethyl adjacent to an activating group) is 1. The number of hydrogen-bond donors (Lipinski definition) is 1. The third-order valence-electron chi connectivity index (χ3n) is 3.07. The average molecular weight is 263 g/mol. The second kappa shape index (κ2) is 6.52. The topological polar surface area (TPSA) is 54.5 Å². The summed E-state index contributed by atoms with van der Waals surface area (Å²) in [5.41, 5.74) is 0.700. The monoisotopic (exact) mass is 263 g/mol. The number of anilines is 1. The van der Waals surface area contributed by atoms with Crippen LogP contribution in [0.2, 0.25) is 0 Å². The van der Waals surface area contributed by atoms with Crippen LogP contribution in [0.5, 0.6) is 5.88 Å². The fraction of sp³-hybridized carbons (Fsp3) is 0.571. The number of rotatable bonds is 5. The van der Waals surface area contributed by atoms with Crippen LogP contribution in [0.4, 0.5) is 5.69 Å². The van der Waals surface area contributed by atoms with Crippen molar-refractivity contribution in [1.29, 1.82) is 0 Å². The van der Waals surface area contributed by atoms with Gasteiger partial charge in [-0.2, -0.15) is 0 Å². The molecule has 5 nitrogen and oxygen atoms in total. The van der Waals surface area contributed by atoms with Gasteiger partial charge < -0.3 is 15.0 Å². The van der Waals surface area contributed by atoms with Crippen LogP contribution < -0.4 is 10.1 Å². The van der Waals surface area contributed by atoms with Crippen molar-refractivity contribution in [1.82, 2.24) is 9.88 Å². The van der Waals surface area contributed by atoms with Gasteiger partial charge in [0.25, 0.3) is 0 Å². The number of ether oxygens (including phenoxy) is 1. The number of carbonyl (C=O) groups is 1. The quantitative estimate of drug-likeness (QED) is 0.881. The molecule has 1 aliphatic rings. The third-order valence-corrected chi connectivity index (χ3v) is 3.07. The molecule has 19 heavy (non-hydrogen) atoms. The highest BCUT2D eigenvalue weighted by Gasteiger charge is 2.16. The molecule has 0 aliphatic heterocycles. The Hall–Kier alpha value is -1.62. The molecule has 1 saturated carbocycles. The van der Waals surface area contributed by atoms with E-state index < -0.39 is 0 Å². The normalized spacial score (nSPS) is 15.7. The zero-order valence-corrected chi connectivity index (χ0v) is 11.6. The highest BCUT2D eigenvalue weighted by Crippen LogP contribution is 2.23. The summed E-state index contributed by atoms with van der Waals surface area (Å²) in [7, 11) is 3.72. The second-order valence-corrected chi connectivity index (χ2v) is 5.20. The molecule has 0 spiro atoms. The molecule has 0 atom stereocenters. The van der Waals surface area contributed by atoms with Gasteiger partial charge in [0, 0.05) is 6.07 Å². The average Bonchev–Trinajstić information content (AvgIpc) is 2.83. The van der Waals surface area contributed by atoms with Crippen molar-refractivity contribution in [3.8, 4) is 5.88 Å². The highest BCUT2D eigenvalue weighted by atomic mass is 16.5. The van der Waals surface area contributed by atoms with Crippen molar-refractivity contribution in [2.45, 2.75) is 31.8 Å². The first-order chi connectivity index (χ1) is 9.13. The van der Waals surface area contributed by atoms with Gasteiger partial charge in [-0.25, -0.2) is 4.98 Å². The molecule has 0 bridgehead atoms. The molecule has 1 aliphatic carbocycles. The lowest BCUT2D eigenvalue weighted by atomic mass is 10.3. The van der Waals surface area contributed by atoms with Gasteiger partial charge in [0.2, 0.25) is 11.8 Å². The molecule has 1 N–H and O–H groups in total. The van der Waals surface area contributed by atoms with Crippen LogP contribution in [-0.2, 0) is 4.79 Å².